The van der Waals surface area contributed by atoms with E-state index in [2.05, 4.69) is 15.6 Å². The standard InChI is InChI=1S/C12H18ClN3OS.HI/c1-14-12(16-8-3-2-4-8)15-7-9(17)10-5-6-11(13)18-10;/h5-6,8-9,17H,2-4,7H2,1H3,(H2,14,15,16);1H. The van der Waals surface area contributed by atoms with Crippen molar-refractivity contribution in [2.75, 3.05) is 13.6 Å². The molecule has 1 aliphatic carbocycles. The van der Waals surface area contributed by atoms with Crippen molar-refractivity contribution in [2.45, 2.75) is 31.4 Å². The number of hydrogen-bond donors (Lipinski definition) is 3. The van der Waals surface area contributed by atoms with Crippen molar-refractivity contribution in [1.82, 2.24) is 10.6 Å². The first-order valence-corrected chi connectivity index (χ1v) is 7.29. The molecule has 19 heavy (non-hydrogen) atoms. The average Bonchev–Trinajstić information content (AvgIpc) is 2.73. The van der Waals surface area contributed by atoms with Crippen LogP contribution in [0.5, 0.6) is 0 Å². The third-order valence-electron chi connectivity index (χ3n) is 3.05. The highest BCUT2D eigenvalue weighted by molar-refractivity contribution is 14.0. The van der Waals surface area contributed by atoms with Gasteiger partial charge in [-0.05, 0) is 31.4 Å². The number of thiophene rings is 1. The molecule has 0 aromatic carbocycles. The van der Waals surface area contributed by atoms with Gasteiger partial charge in [0, 0.05) is 24.5 Å². The van der Waals surface area contributed by atoms with Crippen LogP contribution in [-0.2, 0) is 0 Å². The van der Waals surface area contributed by atoms with Crippen molar-refractivity contribution in [3.63, 3.8) is 0 Å². The third-order valence-corrected chi connectivity index (χ3v) is 4.39. The molecular formula is C12H19ClIN3OS. The van der Waals surface area contributed by atoms with Gasteiger partial charge in [-0.3, -0.25) is 4.99 Å². The highest BCUT2D eigenvalue weighted by atomic mass is 127. The lowest BCUT2D eigenvalue weighted by Gasteiger charge is -2.28. The Kier molecular flexibility index (Phi) is 7.41. The number of aliphatic hydroxyl groups is 1. The number of nitrogens with zero attached hydrogens (tertiary/aromatic N) is 1. The molecule has 0 aliphatic heterocycles. The fourth-order valence-corrected chi connectivity index (χ4v) is 2.79. The van der Waals surface area contributed by atoms with Gasteiger partial charge in [0.2, 0.25) is 0 Å². The summed E-state index contributed by atoms with van der Waals surface area (Å²) in [4.78, 5) is 5.01. The topological polar surface area (TPSA) is 56.7 Å². The van der Waals surface area contributed by atoms with E-state index >= 15 is 0 Å². The maximum Gasteiger partial charge on any atom is 0.191 e. The zero-order valence-electron chi connectivity index (χ0n) is 10.7. The summed E-state index contributed by atoms with van der Waals surface area (Å²) >= 11 is 7.24. The smallest absolute Gasteiger partial charge is 0.191 e. The maximum absolute atomic E-state index is 9.99. The van der Waals surface area contributed by atoms with Crippen molar-refractivity contribution < 1.29 is 5.11 Å². The van der Waals surface area contributed by atoms with Crippen LogP contribution < -0.4 is 10.6 Å². The summed E-state index contributed by atoms with van der Waals surface area (Å²) in [5, 5.41) is 16.4. The molecule has 0 radical (unpaired) electrons. The van der Waals surface area contributed by atoms with Crippen molar-refractivity contribution in [3.05, 3.63) is 21.3 Å². The number of aliphatic imine (C=N–C) groups is 1. The second-order valence-corrected chi connectivity index (χ2v) is 6.13. The van der Waals surface area contributed by atoms with Crippen LogP contribution in [0.2, 0.25) is 4.34 Å². The Hall–Kier alpha value is -0.0500. The Balaban J connectivity index is 0.00000180. The predicted molar refractivity (Wildman–Crippen MR) is 91.8 cm³/mol. The lowest BCUT2D eigenvalue weighted by Crippen LogP contribution is -2.47. The fourth-order valence-electron chi connectivity index (χ4n) is 1.74. The van der Waals surface area contributed by atoms with E-state index in [4.69, 9.17) is 11.6 Å². The van der Waals surface area contributed by atoms with E-state index in [0.717, 1.165) is 10.8 Å². The molecule has 1 aromatic rings. The second-order valence-electron chi connectivity index (χ2n) is 4.38. The Morgan fingerprint density at radius 2 is 2.32 bits per heavy atom. The number of nitrogens with one attached hydrogen (secondary N) is 2. The second kappa shape index (κ2) is 8.28. The average molecular weight is 416 g/mol. The molecule has 1 fully saturated rings. The molecule has 1 heterocycles. The molecule has 1 unspecified atom stereocenters. The molecule has 3 N–H and O–H groups in total. The number of halogens is 2. The molecule has 1 aliphatic rings. The Morgan fingerprint density at radius 1 is 1.58 bits per heavy atom. The Bertz CT molecular complexity index is 423. The van der Waals surface area contributed by atoms with Gasteiger partial charge in [-0.2, -0.15) is 0 Å². The number of guanidine groups is 1. The number of hydrogen-bond acceptors (Lipinski definition) is 3. The first-order chi connectivity index (χ1) is 8.69. The lowest BCUT2D eigenvalue weighted by molar-refractivity contribution is 0.184. The summed E-state index contributed by atoms with van der Waals surface area (Å²) in [7, 11) is 1.74. The summed E-state index contributed by atoms with van der Waals surface area (Å²) in [6, 6.07) is 4.18. The maximum atomic E-state index is 9.99. The van der Waals surface area contributed by atoms with Crippen LogP contribution in [0.3, 0.4) is 0 Å². The van der Waals surface area contributed by atoms with Crippen LogP contribution in [-0.4, -0.2) is 30.7 Å². The quantitative estimate of drug-likeness (QED) is 0.403. The van der Waals surface area contributed by atoms with E-state index in [1.807, 2.05) is 6.07 Å². The molecule has 0 saturated heterocycles. The molecule has 1 atom stereocenters. The molecule has 1 saturated carbocycles. The van der Waals surface area contributed by atoms with E-state index in [-0.39, 0.29) is 24.0 Å². The van der Waals surface area contributed by atoms with E-state index in [0.29, 0.717) is 16.9 Å². The molecule has 4 nitrogen and oxygen atoms in total. The minimum absolute atomic E-state index is 0. The molecular weight excluding hydrogens is 397 g/mol. The lowest BCUT2D eigenvalue weighted by atomic mass is 9.93. The number of aliphatic hydroxyl groups excluding tert-OH is 1. The molecule has 2 rings (SSSR count). The SMILES string of the molecule is CN=C(NCC(O)c1ccc(Cl)s1)NC1CCC1.I. The van der Waals surface area contributed by atoms with Crippen LogP contribution >= 0.6 is 46.9 Å². The summed E-state index contributed by atoms with van der Waals surface area (Å²) in [6.45, 7) is 0.434. The summed E-state index contributed by atoms with van der Waals surface area (Å²) in [5.41, 5.74) is 0. The van der Waals surface area contributed by atoms with Gasteiger partial charge in [0.25, 0.3) is 0 Å². The molecule has 0 amide bonds. The van der Waals surface area contributed by atoms with Crippen LogP contribution in [0.15, 0.2) is 17.1 Å². The van der Waals surface area contributed by atoms with E-state index in [9.17, 15) is 5.11 Å². The highest BCUT2D eigenvalue weighted by Gasteiger charge is 2.18. The fraction of sp³-hybridized carbons (Fsp3) is 0.583. The zero-order chi connectivity index (χ0) is 13.0. The monoisotopic (exact) mass is 415 g/mol. The van der Waals surface area contributed by atoms with E-state index in [1.165, 1.54) is 30.6 Å². The summed E-state index contributed by atoms with van der Waals surface area (Å²) in [5.74, 6) is 0.751. The van der Waals surface area contributed by atoms with Gasteiger partial charge in [-0.1, -0.05) is 11.6 Å². The van der Waals surface area contributed by atoms with Gasteiger partial charge in [-0.25, -0.2) is 0 Å². The first-order valence-electron chi connectivity index (χ1n) is 6.09. The van der Waals surface area contributed by atoms with Crippen LogP contribution in [0.25, 0.3) is 0 Å². The minimum Gasteiger partial charge on any atom is -0.386 e. The minimum atomic E-state index is -0.553. The van der Waals surface area contributed by atoms with Gasteiger partial charge in [0.05, 0.1) is 4.34 Å². The van der Waals surface area contributed by atoms with Crippen LogP contribution in [0.4, 0.5) is 0 Å². The largest absolute Gasteiger partial charge is 0.386 e. The molecule has 1 aromatic heterocycles. The van der Waals surface area contributed by atoms with Crippen molar-refractivity contribution in [2.24, 2.45) is 4.99 Å². The van der Waals surface area contributed by atoms with Crippen molar-refractivity contribution >= 4 is 52.9 Å². The van der Waals surface area contributed by atoms with Gasteiger partial charge in [0.1, 0.15) is 6.10 Å². The van der Waals surface area contributed by atoms with Gasteiger partial charge in [-0.15, -0.1) is 35.3 Å². The highest BCUT2D eigenvalue weighted by Crippen LogP contribution is 2.26. The van der Waals surface area contributed by atoms with Gasteiger partial charge >= 0.3 is 0 Å². The van der Waals surface area contributed by atoms with Crippen molar-refractivity contribution in [3.8, 4) is 0 Å². The molecule has 7 heteroatoms. The Morgan fingerprint density at radius 3 is 2.79 bits per heavy atom. The third kappa shape index (κ3) is 5.09. The summed E-state index contributed by atoms with van der Waals surface area (Å²) in [6.07, 6.45) is 3.13. The van der Waals surface area contributed by atoms with E-state index in [1.54, 1.807) is 13.1 Å². The zero-order valence-corrected chi connectivity index (χ0v) is 14.6. The van der Waals surface area contributed by atoms with E-state index < -0.39 is 6.10 Å². The van der Waals surface area contributed by atoms with Crippen LogP contribution in [0.1, 0.15) is 30.2 Å². The summed E-state index contributed by atoms with van der Waals surface area (Å²) < 4.78 is 0.695. The normalized spacial score (nSPS) is 17.3. The molecule has 0 spiro atoms. The Labute approximate surface area is 139 Å². The first kappa shape index (κ1) is 17.0. The van der Waals surface area contributed by atoms with Gasteiger partial charge < -0.3 is 15.7 Å². The van der Waals surface area contributed by atoms with Crippen LogP contribution in [0, 0.1) is 0 Å². The molecule has 108 valence electrons. The van der Waals surface area contributed by atoms with Gasteiger partial charge in [0.15, 0.2) is 5.96 Å². The number of rotatable bonds is 4. The predicted octanol–water partition coefficient (Wildman–Crippen LogP) is 2.77. The molecule has 0 bridgehead atoms. The van der Waals surface area contributed by atoms with Crippen molar-refractivity contribution in [1.29, 1.82) is 0 Å².